The molecule has 0 aliphatic carbocycles. The van der Waals surface area contributed by atoms with Gasteiger partial charge >= 0.3 is 0 Å². The van der Waals surface area contributed by atoms with Crippen LogP contribution in [0.5, 0.6) is 0 Å². The van der Waals surface area contributed by atoms with Crippen LogP contribution in [-0.4, -0.2) is 32.2 Å². The number of nitro groups is 1. The third-order valence-corrected chi connectivity index (χ3v) is 5.54. The van der Waals surface area contributed by atoms with Gasteiger partial charge in [0.15, 0.2) is 5.17 Å². The van der Waals surface area contributed by atoms with Gasteiger partial charge in [-0.3, -0.25) is 24.8 Å². The van der Waals surface area contributed by atoms with Gasteiger partial charge < -0.3 is 0 Å². The van der Waals surface area contributed by atoms with Gasteiger partial charge in [0.1, 0.15) is 0 Å². The molecule has 26 heavy (non-hydrogen) atoms. The van der Waals surface area contributed by atoms with Gasteiger partial charge in [-0.25, -0.2) is 0 Å². The number of benzene rings is 2. The van der Waals surface area contributed by atoms with Crippen molar-refractivity contribution in [2.75, 3.05) is 5.75 Å². The standard InChI is InChI=1S/C19H19N3O3S/c1-19(2)13-26-18(20-12-14-6-4-3-5-7-14)21(19)17(23)15-8-10-16(11-9-15)22(24)25/h3-11H,12-13H2,1-2H3. The van der Waals surface area contributed by atoms with E-state index in [0.29, 0.717) is 17.3 Å². The maximum atomic E-state index is 13.0. The largest absolute Gasteiger partial charge is 0.281 e. The predicted octanol–water partition coefficient (Wildman–Crippen LogP) is 4.12. The van der Waals surface area contributed by atoms with Crippen molar-refractivity contribution in [1.29, 1.82) is 0 Å². The van der Waals surface area contributed by atoms with Crippen LogP contribution in [0.1, 0.15) is 29.8 Å². The summed E-state index contributed by atoms with van der Waals surface area (Å²) >= 11 is 1.55. The summed E-state index contributed by atoms with van der Waals surface area (Å²) in [5.41, 5.74) is 1.08. The zero-order valence-electron chi connectivity index (χ0n) is 14.6. The zero-order valence-corrected chi connectivity index (χ0v) is 15.4. The van der Waals surface area contributed by atoms with E-state index in [4.69, 9.17) is 0 Å². The number of carbonyl (C=O) groups excluding carboxylic acids is 1. The monoisotopic (exact) mass is 369 g/mol. The van der Waals surface area contributed by atoms with E-state index in [-0.39, 0.29) is 17.1 Å². The van der Waals surface area contributed by atoms with E-state index in [0.717, 1.165) is 11.3 Å². The van der Waals surface area contributed by atoms with Crippen molar-refractivity contribution in [3.8, 4) is 0 Å². The quantitative estimate of drug-likeness (QED) is 0.600. The van der Waals surface area contributed by atoms with Gasteiger partial charge in [-0.1, -0.05) is 42.1 Å². The van der Waals surface area contributed by atoms with E-state index >= 15 is 0 Å². The summed E-state index contributed by atoms with van der Waals surface area (Å²) in [7, 11) is 0. The van der Waals surface area contributed by atoms with Gasteiger partial charge in [-0.05, 0) is 31.5 Å². The van der Waals surface area contributed by atoms with Crippen molar-refractivity contribution in [1.82, 2.24) is 4.90 Å². The molecule has 1 saturated heterocycles. The topological polar surface area (TPSA) is 75.8 Å². The summed E-state index contributed by atoms with van der Waals surface area (Å²) in [4.78, 5) is 29.7. The average molecular weight is 369 g/mol. The highest BCUT2D eigenvalue weighted by Gasteiger charge is 2.41. The number of amides is 1. The highest BCUT2D eigenvalue weighted by Crippen LogP contribution is 2.34. The minimum Gasteiger partial charge on any atom is -0.281 e. The minimum atomic E-state index is -0.476. The molecule has 3 rings (SSSR count). The molecule has 1 amide bonds. The molecule has 134 valence electrons. The van der Waals surface area contributed by atoms with Gasteiger partial charge in [0.25, 0.3) is 11.6 Å². The number of aliphatic imine (C=N–C) groups is 1. The third-order valence-electron chi connectivity index (χ3n) is 4.12. The first-order valence-corrected chi connectivity index (χ1v) is 9.17. The molecule has 0 aromatic heterocycles. The van der Waals surface area contributed by atoms with Gasteiger partial charge in [0.05, 0.1) is 17.0 Å². The van der Waals surface area contributed by atoms with Crippen LogP contribution in [0, 0.1) is 10.1 Å². The van der Waals surface area contributed by atoms with Gasteiger partial charge in [-0.2, -0.15) is 0 Å². The van der Waals surface area contributed by atoms with Crippen LogP contribution in [0.25, 0.3) is 0 Å². The maximum Gasteiger partial charge on any atom is 0.269 e. The fraction of sp³-hybridized carbons (Fsp3) is 0.263. The Kier molecular flexibility index (Phi) is 5.08. The van der Waals surface area contributed by atoms with Crippen molar-refractivity contribution < 1.29 is 9.72 Å². The summed E-state index contributed by atoms with van der Waals surface area (Å²) in [5, 5.41) is 11.5. The summed E-state index contributed by atoms with van der Waals surface area (Å²) in [6, 6.07) is 15.6. The number of nitrogens with zero attached hydrogens (tertiary/aromatic N) is 3. The molecule has 2 aromatic carbocycles. The number of hydrogen-bond donors (Lipinski definition) is 0. The average Bonchev–Trinajstić information content (AvgIpc) is 2.94. The first kappa shape index (κ1) is 18.1. The second-order valence-corrected chi connectivity index (χ2v) is 7.57. The molecule has 0 spiro atoms. The molecule has 0 unspecified atom stereocenters. The van der Waals surface area contributed by atoms with Crippen molar-refractivity contribution in [3.05, 3.63) is 75.8 Å². The van der Waals surface area contributed by atoms with Crippen LogP contribution >= 0.6 is 11.8 Å². The highest BCUT2D eigenvalue weighted by atomic mass is 32.2. The third kappa shape index (κ3) is 3.77. The fourth-order valence-corrected chi connectivity index (χ4v) is 3.93. The Labute approximate surface area is 156 Å². The van der Waals surface area contributed by atoms with Crippen LogP contribution in [-0.2, 0) is 6.54 Å². The molecule has 1 aliphatic rings. The SMILES string of the molecule is CC1(C)CSC(=NCc2ccccc2)N1C(=O)c1ccc([N+](=O)[O-])cc1. The molecule has 7 heteroatoms. The summed E-state index contributed by atoms with van der Waals surface area (Å²) in [5.74, 6) is 0.556. The lowest BCUT2D eigenvalue weighted by atomic mass is 10.0. The Morgan fingerprint density at radius 3 is 2.46 bits per heavy atom. The number of thioether (sulfide) groups is 1. The molecule has 2 aromatic rings. The summed E-state index contributed by atoms with van der Waals surface area (Å²) in [6.07, 6.45) is 0. The number of non-ortho nitro benzene ring substituents is 1. The second-order valence-electron chi connectivity index (χ2n) is 6.63. The van der Waals surface area contributed by atoms with Crippen LogP contribution in [0.4, 0.5) is 5.69 Å². The molecule has 0 atom stereocenters. The van der Waals surface area contributed by atoms with E-state index in [1.807, 2.05) is 44.2 Å². The molecule has 1 fully saturated rings. The molecule has 0 radical (unpaired) electrons. The van der Waals surface area contributed by atoms with E-state index in [9.17, 15) is 14.9 Å². The molecule has 0 saturated carbocycles. The van der Waals surface area contributed by atoms with Crippen molar-refractivity contribution >= 4 is 28.5 Å². The molecule has 1 heterocycles. The molecule has 1 aliphatic heterocycles. The van der Waals surface area contributed by atoms with Gasteiger partial charge in [0, 0.05) is 23.4 Å². The number of nitro benzene ring substituents is 1. The Morgan fingerprint density at radius 1 is 1.19 bits per heavy atom. The Balaban J connectivity index is 1.86. The normalized spacial score (nSPS) is 17.5. The highest BCUT2D eigenvalue weighted by molar-refractivity contribution is 8.14. The smallest absolute Gasteiger partial charge is 0.269 e. The lowest BCUT2D eigenvalue weighted by Crippen LogP contribution is -2.46. The first-order chi connectivity index (χ1) is 12.4. The molecular weight excluding hydrogens is 350 g/mol. The van der Waals surface area contributed by atoms with E-state index < -0.39 is 4.92 Å². The van der Waals surface area contributed by atoms with Crippen LogP contribution < -0.4 is 0 Å². The Bertz CT molecular complexity index is 848. The van der Waals surface area contributed by atoms with Crippen molar-refractivity contribution in [3.63, 3.8) is 0 Å². The number of hydrogen-bond acceptors (Lipinski definition) is 5. The zero-order chi connectivity index (χ0) is 18.7. The number of rotatable bonds is 4. The molecule has 0 N–H and O–H groups in total. The predicted molar refractivity (Wildman–Crippen MR) is 103 cm³/mol. The van der Waals surface area contributed by atoms with Crippen molar-refractivity contribution in [2.24, 2.45) is 4.99 Å². The van der Waals surface area contributed by atoms with Gasteiger partial charge in [-0.15, -0.1) is 0 Å². The minimum absolute atomic E-state index is 0.0328. The van der Waals surface area contributed by atoms with E-state index in [1.165, 1.54) is 24.3 Å². The lowest BCUT2D eigenvalue weighted by Gasteiger charge is -2.30. The number of amidine groups is 1. The Hall–Kier alpha value is -2.67. The fourth-order valence-electron chi connectivity index (χ4n) is 2.70. The van der Waals surface area contributed by atoms with Crippen LogP contribution in [0.15, 0.2) is 59.6 Å². The van der Waals surface area contributed by atoms with Crippen LogP contribution in [0.2, 0.25) is 0 Å². The van der Waals surface area contributed by atoms with E-state index in [1.54, 1.807) is 16.7 Å². The summed E-state index contributed by atoms with van der Waals surface area (Å²) < 4.78 is 0. The van der Waals surface area contributed by atoms with Crippen LogP contribution in [0.3, 0.4) is 0 Å². The molecule has 0 bridgehead atoms. The van der Waals surface area contributed by atoms with E-state index in [2.05, 4.69) is 4.99 Å². The molecular formula is C19H19N3O3S. The van der Waals surface area contributed by atoms with Crippen molar-refractivity contribution in [2.45, 2.75) is 25.9 Å². The lowest BCUT2D eigenvalue weighted by molar-refractivity contribution is -0.384. The number of carbonyl (C=O) groups is 1. The van der Waals surface area contributed by atoms with Gasteiger partial charge in [0.2, 0.25) is 0 Å². The first-order valence-electron chi connectivity index (χ1n) is 8.19. The molecule has 6 nitrogen and oxygen atoms in total. The Morgan fingerprint density at radius 2 is 1.85 bits per heavy atom. The maximum absolute atomic E-state index is 13.0. The summed E-state index contributed by atoms with van der Waals surface area (Å²) in [6.45, 7) is 4.49. The second kappa shape index (κ2) is 7.29.